The van der Waals surface area contributed by atoms with E-state index < -0.39 is 0 Å². The molecular weight excluding hydrogens is 230 g/mol. The Labute approximate surface area is 98.4 Å². The minimum atomic E-state index is 0.0119. The lowest BCUT2D eigenvalue weighted by Gasteiger charge is -2.25. The van der Waals surface area contributed by atoms with Crippen molar-refractivity contribution in [2.24, 2.45) is 0 Å². The Morgan fingerprint density at radius 3 is 3.13 bits per heavy atom. The van der Waals surface area contributed by atoms with Crippen molar-refractivity contribution in [1.82, 2.24) is 5.32 Å². The Balaban J connectivity index is 2.32. The van der Waals surface area contributed by atoms with E-state index in [0.717, 1.165) is 22.8 Å². The maximum Gasteiger partial charge on any atom is 0.217 e. The largest absolute Gasteiger partial charge is 0.349 e. The van der Waals surface area contributed by atoms with Gasteiger partial charge in [0, 0.05) is 22.6 Å². The van der Waals surface area contributed by atoms with Gasteiger partial charge in [0.05, 0.1) is 6.04 Å². The lowest BCUT2D eigenvalue weighted by atomic mass is 10.0. The third-order valence-electron chi connectivity index (χ3n) is 2.39. The molecule has 1 aliphatic heterocycles. The van der Waals surface area contributed by atoms with Crippen molar-refractivity contribution in [3.8, 4) is 0 Å². The van der Waals surface area contributed by atoms with Crippen LogP contribution in [0.1, 0.15) is 24.9 Å². The number of halogens is 1. The lowest BCUT2D eigenvalue weighted by Crippen LogP contribution is -2.28. The number of amides is 1. The molecule has 2 nitrogen and oxygen atoms in total. The molecule has 1 aromatic carbocycles. The minimum Gasteiger partial charge on any atom is -0.349 e. The molecule has 0 fully saturated rings. The van der Waals surface area contributed by atoms with Crippen molar-refractivity contribution < 1.29 is 4.79 Å². The summed E-state index contributed by atoms with van der Waals surface area (Å²) >= 11 is 7.77. The summed E-state index contributed by atoms with van der Waals surface area (Å²) in [5, 5.41) is 3.68. The van der Waals surface area contributed by atoms with Gasteiger partial charge in [0.2, 0.25) is 5.91 Å². The molecule has 1 N–H and O–H groups in total. The summed E-state index contributed by atoms with van der Waals surface area (Å²) in [5.41, 5.74) is 1.15. The first-order valence-corrected chi connectivity index (χ1v) is 6.22. The molecule has 15 heavy (non-hydrogen) atoms. The molecule has 0 saturated carbocycles. The van der Waals surface area contributed by atoms with Gasteiger partial charge < -0.3 is 5.32 Å². The first-order chi connectivity index (χ1) is 7.16. The molecule has 1 amide bonds. The summed E-state index contributed by atoms with van der Waals surface area (Å²) in [6, 6.07) is 5.99. The SMILES string of the molecule is CC(=O)NC1CCSc2ccc(Cl)cc21. The molecule has 1 unspecified atom stereocenters. The maximum atomic E-state index is 11.1. The second-order valence-corrected chi connectivity index (χ2v) is 5.15. The van der Waals surface area contributed by atoms with E-state index in [9.17, 15) is 4.79 Å². The average molecular weight is 242 g/mol. The van der Waals surface area contributed by atoms with Gasteiger partial charge in [-0.25, -0.2) is 0 Å². The predicted molar refractivity (Wildman–Crippen MR) is 63.4 cm³/mol. The molecule has 0 aliphatic carbocycles. The smallest absolute Gasteiger partial charge is 0.217 e. The fourth-order valence-electron chi connectivity index (χ4n) is 1.76. The number of carbonyl (C=O) groups is 1. The summed E-state index contributed by atoms with van der Waals surface area (Å²) < 4.78 is 0. The standard InChI is InChI=1S/C11H12ClNOS/c1-7(14)13-10-4-5-15-11-3-2-8(12)6-9(10)11/h2-3,6,10H,4-5H2,1H3,(H,13,14). The normalized spacial score (nSPS) is 19.5. The van der Waals surface area contributed by atoms with Gasteiger partial charge in [-0.2, -0.15) is 0 Å². The monoisotopic (exact) mass is 241 g/mol. The molecule has 0 spiro atoms. The van der Waals surface area contributed by atoms with E-state index in [1.54, 1.807) is 6.92 Å². The second-order valence-electron chi connectivity index (χ2n) is 3.57. The summed E-state index contributed by atoms with van der Waals surface area (Å²) in [5.74, 6) is 1.05. The van der Waals surface area contributed by atoms with Gasteiger partial charge in [-0.15, -0.1) is 11.8 Å². The third-order valence-corrected chi connectivity index (χ3v) is 3.75. The van der Waals surface area contributed by atoms with Gasteiger partial charge in [-0.05, 0) is 30.2 Å². The van der Waals surface area contributed by atoms with Crippen LogP contribution in [0.4, 0.5) is 0 Å². The highest BCUT2D eigenvalue weighted by molar-refractivity contribution is 7.99. The number of thioether (sulfide) groups is 1. The van der Waals surface area contributed by atoms with Crippen LogP contribution in [0.25, 0.3) is 0 Å². The van der Waals surface area contributed by atoms with Crippen LogP contribution in [0.15, 0.2) is 23.1 Å². The van der Waals surface area contributed by atoms with E-state index in [2.05, 4.69) is 5.32 Å². The molecule has 0 radical (unpaired) electrons. The second kappa shape index (κ2) is 4.45. The molecule has 4 heteroatoms. The van der Waals surface area contributed by atoms with Gasteiger partial charge in [-0.3, -0.25) is 4.79 Å². The van der Waals surface area contributed by atoms with Crippen molar-refractivity contribution in [2.45, 2.75) is 24.3 Å². The number of nitrogens with one attached hydrogen (secondary N) is 1. The van der Waals surface area contributed by atoms with E-state index in [4.69, 9.17) is 11.6 Å². The van der Waals surface area contributed by atoms with Crippen LogP contribution < -0.4 is 5.32 Å². The van der Waals surface area contributed by atoms with Gasteiger partial charge in [0.1, 0.15) is 0 Å². The van der Waals surface area contributed by atoms with Crippen molar-refractivity contribution in [3.05, 3.63) is 28.8 Å². The average Bonchev–Trinajstić information content (AvgIpc) is 2.18. The van der Waals surface area contributed by atoms with Crippen LogP contribution in [0, 0.1) is 0 Å². The zero-order chi connectivity index (χ0) is 10.8. The quantitative estimate of drug-likeness (QED) is 0.819. The van der Waals surface area contributed by atoms with Crippen molar-refractivity contribution in [3.63, 3.8) is 0 Å². The summed E-state index contributed by atoms with van der Waals surface area (Å²) in [6.07, 6.45) is 0.970. The topological polar surface area (TPSA) is 29.1 Å². The highest BCUT2D eigenvalue weighted by Crippen LogP contribution is 2.37. The molecule has 1 aromatic rings. The third kappa shape index (κ3) is 2.47. The van der Waals surface area contributed by atoms with Crippen molar-refractivity contribution in [2.75, 3.05) is 5.75 Å². The highest BCUT2D eigenvalue weighted by Gasteiger charge is 2.21. The number of carbonyl (C=O) groups excluding carboxylic acids is 1. The van der Waals surface area contributed by atoms with Gasteiger partial charge in [0.15, 0.2) is 0 Å². The summed E-state index contributed by atoms with van der Waals surface area (Å²) in [4.78, 5) is 12.3. The Morgan fingerprint density at radius 1 is 1.60 bits per heavy atom. The first-order valence-electron chi connectivity index (χ1n) is 4.86. The summed E-state index contributed by atoms with van der Waals surface area (Å²) in [6.45, 7) is 1.55. The lowest BCUT2D eigenvalue weighted by molar-refractivity contribution is -0.119. The summed E-state index contributed by atoms with van der Waals surface area (Å²) in [7, 11) is 0. The zero-order valence-corrected chi connectivity index (χ0v) is 9.99. The Hall–Kier alpha value is -0.670. The van der Waals surface area contributed by atoms with E-state index >= 15 is 0 Å². The van der Waals surface area contributed by atoms with Gasteiger partial charge in [0.25, 0.3) is 0 Å². The minimum absolute atomic E-state index is 0.0119. The molecule has 0 bridgehead atoms. The van der Waals surface area contributed by atoms with E-state index in [1.165, 1.54) is 4.90 Å². The van der Waals surface area contributed by atoms with Gasteiger partial charge >= 0.3 is 0 Å². The van der Waals surface area contributed by atoms with Crippen LogP contribution in [-0.4, -0.2) is 11.7 Å². The Bertz CT molecular complexity index is 394. The fraction of sp³-hybridized carbons (Fsp3) is 0.364. The fourth-order valence-corrected chi connectivity index (χ4v) is 3.05. The number of rotatable bonds is 1. The number of fused-ring (bicyclic) bond motifs is 1. The molecule has 80 valence electrons. The highest BCUT2D eigenvalue weighted by atomic mass is 35.5. The zero-order valence-electron chi connectivity index (χ0n) is 8.42. The molecular formula is C11H12ClNOS. The first kappa shape index (κ1) is 10.8. The van der Waals surface area contributed by atoms with Crippen LogP contribution in [0.3, 0.4) is 0 Å². The molecule has 1 aliphatic rings. The van der Waals surface area contributed by atoms with Crippen molar-refractivity contribution in [1.29, 1.82) is 0 Å². The molecule has 2 rings (SSSR count). The molecule has 0 aromatic heterocycles. The van der Waals surface area contributed by atoms with Crippen LogP contribution in [-0.2, 0) is 4.79 Å². The molecule has 1 heterocycles. The van der Waals surface area contributed by atoms with E-state index in [-0.39, 0.29) is 11.9 Å². The van der Waals surface area contributed by atoms with Crippen molar-refractivity contribution >= 4 is 29.3 Å². The Morgan fingerprint density at radius 2 is 2.40 bits per heavy atom. The van der Waals surface area contributed by atoms with Gasteiger partial charge in [-0.1, -0.05) is 11.6 Å². The predicted octanol–water partition coefficient (Wildman–Crippen LogP) is 3.01. The number of hydrogen-bond acceptors (Lipinski definition) is 2. The maximum absolute atomic E-state index is 11.1. The number of benzene rings is 1. The molecule has 1 atom stereocenters. The van der Waals surface area contributed by atoms with Crippen LogP contribution in [0.2, 0.25) is 5.02 Å². The molecule has 0 saturated heterocycles. The van der Waals surface area contributed by atoms with E-state index in [0.29, 0.717) is 0 Å². The Kier molecular flexibility index (Phi) is 3.22. The van der Waals surface area contributed by atoms with E-state index in [1.807, 2.05) is 30.0 Å². The van der Waals surface area contributed by atoms with Crippen LogP contribution >= 0.6 is 23.4 Å². The number of hydrogen-bond donors (Lipinski definition) is 1. The van der Waals surface area contributed by atoms with Crippen LogP contribution in [0.5, 0.6) is 0 Å².